The standard InChI is InChI=1S/C11H20O/c1-5-7-10(8-6-2)11(12)9(3)4/h10H,3,5-8H2,1-2,4H3. The van der Waals surface area contributed by atoms with Crippen LogP contribution in [0.1, 0.15) is 46.5 Å². The summed E-state index contributed by atoms with van der Waals surface area (Å²) < 4.78 is 0. The lowest BCUT2D eigenvalue weighted by atomic mass is 9.91. The Morgan fingerprint density at radius 2 is 1.67 bits per heavy atom. The van der Waals surface area contributed by atoms with Gasteiger partial charge in [0.2, 0.25) is 0 Å². The Bertz CT molecular complexity index is 152. The van der Waals surface area contributed by atoms with Gasteiger partial charge in [-0.1, -0.05) is 33.3 Å². The van der Waals surface area contributed by atoms with E-state index in [0.29, 0.717) is 5.57 Å². The van der Waals surface area contributed by atoms with Gasteiger partial charge in [0.1, 0.15) is 0 Å². The average Bonchev–Trinajstić information content (AvgIpc) is 2.03. The van der Waals surface area contributed by atoms with E-state index in [9.17, 15) is 4.79 Å². The molecular weight excluding hydrogens is 148 g/mol. The predicted molar refractivity (Wildman–Crippen MR) is 53.1 cm³/mol. The maximum atomic E-state index is 11.5. The number of hydrogen-bond acceptors (Lipinski definition) is 1. The molecule has 1 nitrogen and oxygen atoms in total. The van der Waals surface area contributed by atoms with Gasteiger partial charge in [0.05, 0.1) is 0 Å². The zero-order valence-corrected chi connectivity index (χ0v) is 8.52. The van der Waals surface area contributed by atoms with E-state index in [2.05, 4.69) is 20.4 Å². The van der Waals surface area contributed by atoms with Crippen molar-refractivity contribution in [3.8, 4) is 0 Å². The van der Waals surface area contributed by atoms with Gasteiger partial charge in [-0.15, -0.1) is 0 Å². The minimum atomic E-state index is 0.234. The average molecular weight is 168 g/mol. The first kappa shape index (κ1) is 11.4. The molecule has 70 valence electrons. The first-order valence-electron chi connectivity index (χ1n) is 4.83. The highest BCUT2D eigenvalue weighted by Gasteiger charge is 2.16. The fraction of sp³-hybridized carbons (Fsp3) is 0.727. The van der Waals surface area contributed by atoms with Gasteiger partial charge in [-0.05, 0) is 25.3 Å². The number of carbonyl (C=O) groups excluding carboxylic acids is 1. The normalized spacial score (nSPS) is 10.3. The van der Waals surface area contributed by atoms with Gasteiger partial charge in [-0.25, -0.2) is 0 Å². The van der Waals surface area contributed by atoms with E-state index in [0.717, 1.165) is 25.7 Å². The highest BCUT2D eigenvalue weighted by molar-refractivity contribution is 5.95. The van der Waals surface area contributed by atoms with E-state index in [1.165, 1.54) is 0 Å². The van der Waals surface area contributed by atoms with Crippen molar-refractivity contribution in [3.05, 3.63) is 12.2 Å². The molecule has 0 spiro atoms. The summed E-state index contributed by atoms with van der Waals surface area (Å²) in [6, 6.07) is 0. The van der Waals surface area contributed by atoms with Gasteiger partial charge in [0, 0.05) is 5.92 Å². The van der Waals surface area contributed by atoms with Crippen LogP contribution in [-0.4, -0.2) is 5.78 Å². The van der Waals surface area contributed by atoms with Gasteiger partial charge < -0.3 is 0 Å². The quantitative estimate of drug-likeness (QED) is 0.556. The van der Waals surface area contributed by atoms with Crippen molar-refractivity contribution < 1.29 is 4.79 Å². The van der Waals surface area contributed by atoms with E-state index < -0.39 is 0 Å². The van der Waals surface area contributed by atoms with Crippen molar-refractivity contribution in [2.75, 3.05) is 0 Å². The number of allylic oxidation sites excluding steroid dienone is 1. The van der Waals surface area contributed by atoms with Crippen molar-refractivity contribution in [3.63, 3.8) is 0 Å². The Morgan fingerprint density at radius 3 is 1.92 bits per heavy atom. The highest BCUT2D eigenvalue weighted by Crippen LogP contribution is 2.17. The molecule has 0 N–H and O–H groups in total. The van der Waals surface area contributed by atoms with E-state index in [4.69, 9.17) is 0 Å². The van der Waals surface area contributed by atoms with E-state index in [-0.39, 0.29) is 11.7 Å². The molecule has 0 atom stereocenters. The van der Waals surface area contributed by atoms with Crippen LogP contribution in [-0.2, 0) is 4.79 Å². The van der Waals surface area contributed by atoms with Crippen LogP contribution in [0, 0.1) is 5.92 Å². The summed E-state index contributed by atoms with van der Waals surface area (Å²) >= 11 is 0. The lowest BCUT2D eigenvalue weighted by molar-refractivity contribution is -0.119. The second kappa shape index (κ2) is 5.99. The second-order valence-corrected chi connectivity index (χ2v) is 3.42. The van der Waals surface area contributed by atoms with Crippen LogP contribution >= 0.6 is 0 Å². The molecule has 0 aliphatic heterocycles. The SMILES string of the molecule is C=C(C)C(=O)C(CCC)CCC. The smallest absolute Gasteiger partial charge is 0.161 e. The first-order chi connectivity index (χ1) is 5.63. The monoisotopic (exact) mass is 168 g/mol. The van der Waals surface area contributed by atoms with Crippen LogP contribution in [0.3, 0.4) is 0 Å². The second-order valence-electron chi connectivity index (χ2n) is 3.42. The third kappa shape index (κ3) is 3.70. The first-order valence-corrected chi connectivity index (χ1v) is 4.83. The molecule has 0 radical (unpaired) electrons. The van der Waals surface area contributed by atoms with Gasteiger partial charge in [-0.2, -0.15) is 0 Å². The number of rotatable bonds is 6. The predicted octanol–water partition coefficient (Wildman–Crippen LogP) is 3.35. The van der Waals surface area contributed by atoms with Crippen LogP contribution in [0.25, 0.3) is 0 Å². The summed E-state index contributed by atoms with van der Waals surface area (Å²) in [7, 11) is 0. The maximum absolute atomic E-state index is 11.5. The summed E-state index contributed by atoms with van der Waals surface area (Å²) in [5.41, 5.74) is 0.710. The zero-order chi connectivity index (χ0) is 9.56. The maximum Gasteiger partial charge on any atom is 0.161 e. The molecule has 0 bridgehead atoms. The fourth-order valence-electron chi connectivity index (χ4n) is 1.45. The third-order valence-corrected chi connectivity index (χ3v) is 2.07. The Labute approximate surface area is 75.9 Å². The van der Waals surface area contributed by atoms with Crippen LogP contribution < -0.4 is 0 Å². The van der Waals surface area contributed by atoms with Crippen LogP contribution in [0.5, 0.6) is 0 Å². The topological polar surface area (TPSA) is 17.1 Å². The van der Waals surface area contributed by atoms with Crippen molar-refractivity contribution in [2.45, 2.75) is 46.5 Å². The number of carbonyl (C=O) groups is 1. The molecular formula is C11H20O. The van der Waals surface area contributed by atoms with Gasteiger partial charge in [0.15, 0.2) is 5.78 Å². The minimum absolute atomic E-state index is 0.234. The summed E-state index contributed by atoms with van der Waals surface area (Å²) in [6.45, 7) is 9.74. The molecule has 0 fully saturated rings. The molecule has 0 rings (SSSR count). The Morgan fingerprint density at radius 1 is 1.25 bits per heavy atom. The zero-order valence-electron chi connectivity index (χ0n) is 8.52. The number of hydrogen-bond donors (Lipinski definition) is 0. The van der Waals surface area contributed by atoms with Crippen molar-refractivity contribution in [1.29, 1.82) is 0 Å². The van der Waals surface area contributed by atoms with E-state index in [1.807, 2.05) is 0 Å². The van der Waals surface area contributed by atoms with Crippen molar-refractivity contribution >= 4 is 5.78 Å². The molecule has 0 aliphatic carbocycles. The third-order valence-electron chi connectivity index (χ3n) is 2.07. The molecule has 0 saturated carbocycles. The van der Waals surface area contributed by atoms with Crippen molar-refractivity contribution in [2.24, 2.45) is 5.92 Å². The molecule has 12 heavy (non-hydrogen) atoms. The molecule has 0 saturated heterocycles. The van der Waals surface area contributed by atoms with Crippen molar-refractivity contribution in [1.82, 2.24) is 0 Å². The van der Waals surface area contributed by atoms with Crippen LogP contribution in [0.15, 0.2) is 12.2 Å². The van der Waals surface area contributed by atoms with Crippen LogP contribution in [0.4, 0.5) is 0 Å². The number of ketones is 1. The molecule has 0 aliphatic rings. The van der Waals surface area contributed by atoms with Gasteiger partial charge in [0.25, 0.3) is 0 Å². The Kier molecular flexibility index (Phi) is 5.69. The number of Topliss-reactive ketones (excluding diaryl/α,β-unsaturated/α-hetero) is 1. The molecule has 0 aromatic carbocycles. The Hall–Kier alpha value is -0.590. The molecule has 0 aromatic heterocycles. The lowest BCUT2D eigenvalue weighted by Gasteiger charge is -2.13. The summed E-state index contributed by atoms with van der Waals surface area (Å²) in [5.74, 6) is 0.496. The molecule has 0 unspecified atom stereocenters. The minimum Gasteiger partial charge on any atom is -0.294 e. The summed E-state index contributed by atoms with van der Waals surface area (Å²) in [5, 5.41) is 0. The van der Waals surface area contributed by atoms with Gasteiger partial charge >= 0.3 is 0 Å². The molecule has 1 heteroatoms. The molecule has 0 amide bonds. The molecule has 0 heterocycles. The van der Waals surface area contributed by atoms with Gasteiger partial charge in [-0.3, -0.25) is 4.79 Å². The summed E-state index contributed by atoms with van der Waals surface area (Å²) in [4.78, 5) is 11.5. The van der Waals surface area contributed by atoms with Crippen LogP contribution in [0.2, 0.25) is 0 Å². The highest BCUT2D eigenvalue weighted by atomic mass is 16.1. The lowest BCUT2D eigenvalue weighted by Crippen LogP contribution is -2.14. The fourth-order valence-corrected chi connectivity index (χ4v) is 1.45. The Balaban J connectivity index is 4.08. The summed E-state index contributed by atoms with van der Waals surface area (Å²) in [6.07, 6.45) is 4.20. The van der Waals surface area contributed by atoms with E-state index in [1.54, 1.807) is 6.92 Å². The molecule has 0 aromatic rings. The largest absolute Gasteiger partial charge is 0.294 e. The van der Waals surface area contributed by atoms with E-state index >= 15 is 0 Å².